The summed E-state index contributed by atoms with van der Waals surface area (Å²) in [6, 6.07) is 6.74. The van der Waals surface area contributed by atoms with Crippen molar-refractivity contribution >= 4 is 28.7 Å². The molecule has 0 spiro atoms. The number of nitrogens with one attached hydrogen (secondary N) is 3. The van der Waals surface area contributed by atoms with Crippen LogP contribution >= 0.6 is 0 Å². The van der Waals surface area contributed by atoms with Gasteiger partial charge in [-0.15, -0.1) is 0 Å². The van der Waals surface area contributed by atoms with E-state index in [1.54, 1.807) is 26.2 Å². The third-order valence-corrected chi connectivity index (χ3v) is 4.84. The van der Waals surface area contributed by atoms with Crippen molar-refractivity contribution in [2.45, 2.75) is 25.8 Å². The number of hydrogen-bond acceptors (Lipinski definition) is 5. The number of H-pyrrole nitrogens is 1. The zero-order chi connectivity index (χ0) is 20.8. The van der Waals surface area contributed by atoms with Crippen molar-refractivity contribution in [1.29, 1.82) is 0 Å². The fourth-order valence-corrected chi connectivity index (χ4v) is 3.35. The van der Waals surface area contributed by atoms with Crippen molar-refractivity contribution in [1.82, 2.24) is 15.6 Å². The number of aromatic nitrogens is 1. The van der Waals surface area contributed by atoms with E-state index in [-0.39, 0.29) is 24.3 Å². The van der Waals surface area contributed by atoms with E-state index in [2.05, 4.69) is 15.6 Å². The number of rotatable bonds is 8. The zero-order valence-electron chi connectivity index (χ0n) is 16.5. The van der Waals surface area contributed by atoms with Gasteiger partial charge in [-0.3, -0.25) is 9.59 Å². The molecule has 0 aliphatic carbocycles. The van der Waals surface area contributed by atoms with Crippen molar-refractivity contribution < 1.29 is 23.9 Å². The first kappa shape index (κ1) is 20.4. The molecular weight excluding hydrogens is 374 g/mol. The molecule has 2 amide bonds. The molecule has 3 N–H and O–H groups in total. The second-order valence-corrected chi connectivity index (χ2v) is 6.84. The van der Waals surface area contributed by atoms with Crippen LogP contribution in [0.25, 0.3) is 10.9 Å². The minimum Gasteiger partial charge on any atom is -0.497 e. The molecule has 1 aliphatic rings. The highest BCUT2D eigenvalue weighted by Gasteiger charge is 2.27. The maximum Gasteiger partial charge on any atom is 0.330 e. The van der Waals surface area contributed by atoms with Crippen LogP contribution < -0.4 is 15.4 Å². The van der Waals surface area contributed by atoms with Gasteiger partial charge in [0.1, 0.15) is 11.4 Å². The molecule has 1 aliphatic heterocycles. The highest BCUT2D eigenvalue weighted by molar-refractivity contribution is 5.98. The molecule has 1 saturated heterocycles. The van der Waals surface area contributed by atoms with Gasteiger partial charge in [-0.05, 0) is 44.0 Å². The predicted molar refractivity (Wildman–Crippen MR) is 108 cm³/mol. The number of carbonyl (C=O) groups excluding carboxylic acids is 3. The number of fused-ring (bicyclic) bond motifs is 1. The van der Waals surface area contributed by atoms with Gasteiger partial charge in [-0.25, -0.2) is 4.79 Å². The van der Waals surface area contributed by atoms with Crippen molar-refractivity contribution in [2.75, 3.05) is 20.3 Å². The Kier molecular flexibility index (Phi) is 6.54. The van der Waals surface area contributed by atoms with Gasteiger partial charge in [0, 0.05) is 35.5 Å². The summed E-state index contributed by atoms with van der Waals surface area (Å²) in [5.74, 6) is -0.353. The Morgan fingerprint density at radius 2 is 2.17 bits per heavy atom. The molecular formula is C21H25N3O5. The van der Waals surface area contributed by atoms with Gasteiger partial charge >= 0.3 is 5.97 Å². The number of benzene rings is 1. The van der Waals surface area contributed by atoms with Gasteiger partial charge in [-0.2, -0.15) is 0 Å². The molecule has 2 unspecified atom stereocenters. The molecule has 3 rings (SSSR count). The van der Waals surface area contributed by atoms with Crippen LogP contribution in [0.4, 0.5) is 0 Å². The van der Waals surface area contributed by atoms with Gasteiger partial charge in [0.05, 0.1) is 13.7 Å². The molecule has 1 aromatic heterocycles. The SMILES string of the molecule is CCOC(=O)/C=C/C(CC1CCNC1=O)NC(=O)c1cc2cc(OC)ccc2[nH]1. The van der Waals surface area contributed by atoms with Crippen LogP contribution in [0.15, 0.2) is 36.4 Å². The minimum atomic E-state index is -0.486. The monoisotopic (exact) mass is 399 g/mol. The Hall–Kier alpha value is -3.29. The van der Waals surface area contributed by atoms with E-state index < -0.39 is 12.0 Å². The maximum atomic E-state index is 12.8. The van der Waals surface area contributed by atoms with Gasteiger partial charge in [0.2, 0.25) is 5.91 Å². The van der Waals surface area contributed by atoms with Crippen molar-refractivity contribution in [3.63, 3.8) is 0 Å². The largest absolute Gasteiger partial charge is 0.497 e. The number of ether oxygens (including phenoxy) is 2. The summed E-state index contributed by atoms with van der Waals surface area (Å²) in [5.41, 5.74) is 1.20. The number of carbonyl (C=O) groups is 3. The first-order chi connectivity index (χ1) is 14.0. The molecule has 29 heavy (non-hydrogen) atoms. The predicted octanol–water partition coefficient (Wildman–Crippen LogP) is 1.92. The number of aromatic amines is 1. The molecule has 0 saturated carbocycles. The zero-order valence-corrected chi connectivity index (χ0v) is 16.5. The average molecular weight is 399 g/mol. The summed E-state index contributed by atoms with van der Waals surface area (Å²) in [6.07, 6.45) is 3.97. The number of esters is 1. The molecule has 2 atom stereocenters. The highest BCUT2D eigenvalue weighted by Crippen LogP contribution is 2.22. The Labute approximate surface area is 168 Å². The first-order valence-corrected chi connectivity index (χ1v) is 9.60. The minimum absolute atomic E-state index is 0.0357. The summed E-state index contributed by atoms with van der Waals surface area (Å²) in [4.78, 5) is 39.4. The first-order valence-electron chi connectivity index (χ1n) is 9.60. The van der Waals surface area contributed by atoms with Crippen LogP contribution in [-0.2, 0) is 14.3 Å². The molecule has 0 bridgehead atoms. The van der Waals surface area contributed by atoms with Crippen LogP contribution in [0.3, 0.4) is 0 Å². The van der Waals surface area contributed by atoms with E-state index in [4.69, 9.17) is 9.47 Å². The van der Waals surface area contributed by atoms with E-state index in [9.17, 15) is 14.4 Å². The summed E-state index contributed by atoms with van der Waals surface area (Å²) in [5, 5.41) is 6.53. The van der Waals surface area contributed by atoms with E-state index in [1.807, 2.05) is 18.2 Å². The van der Waals surface area contributed by atoms with Gasteiger partial charge < -0.3 is 25.1 Å². The quantitative estimate of drug-likeness (QED) is 0.464. The average Bonchev–Trinajstić information content (AvgIpc) is 3.31. The van der Waals surface area contributed by atoms with Crippen molar-refractivity contribution in [3.05, 3.63) is 42.1 Å². The molecule has 8 nitrogen and oxygen atoms in total. The molecule has 1 aromatic carbocycles. The Morgan fingerprint density at radius 1 is 1.34 bits per heavy atom. The van der Waals surface area contributed by atoms with Gasteiger partial charge in [0.15, 0.2) is 0 Å². The van der Waals surface area contributed by atoms with E-state index >= 15 is 0 Å². The highest BCUT2D eigenvalue weighted by atomic mass is 16.5. The molecule has 0 radical (unpaired) electrons. The Bertz CT molecular complexity index is 934. The lowest BCUT2D eigenvalue weighted by Crippen LogP contribution is -2.36. The van der Waals surface area contributed by atoms with Crippen molar-refractivity contribution in [2.24, 2.45) is 5.92 Å². The van der Waals surface area contributed by atoms with Crippen LogP contribution in [0.2, 0.25) is 0 Å². The fraction of sp³-hybridized carbons (Fsp3) is 0.381. The van der Waals surface area contributed by atoms with E-state index in [1.165, 1.54) is 6.08 Å². The summed E-state index contributed by atoms with van der Waals surface area (Å²) >= 11 is 0. The lowest BCUT2D eigenvalue weighted by atomic mass is 9.98. The molecule has 154 valence electrons. The lowest BCUT2D eigenvalue weighted by molar-refractivity contribution is -0.137. The lowest BCUT2D eigenvalue weighted by Gasteiger charge is -2.17. The topological polar surface area (TPSA) is 110 Å². The molecule has 2 heterocycles. The number of methoxy groups -OCH3 is 1. The summed E-state index contributed by atoms with van der Waals surface area (Å²) in [7, 11) is 1.58. The van der Waals surface area contributed by atoms with Gasteiger partial charge in [0.25, 0.3) is 5.91 Å². The molecule has 8 heteroatoms. The van der Waals surface area contributed by atoms with Gasteiger partial charge in [-0.1, -0.05) is 6.08 Å². The van der Waals surface area contributed by atoms with Crippen LogP contribution in [0.1, 0.15) is 30.3 Å². The second-order valence-electron chi connectivity index (χ2n) is 6.84. The van der Waals surface area contributed by atoms with Crippen LogP contribution in [0, 0.1) is 5.92 Å². The Morgan fingerprint density at radius 3 is 2.86 bits per heavy atom. The molecule has 1 fully saturated rings. The van der Waals surface area contributed by atoms with Crippen LogP contribution in [-0.4, -0.2) is 49.1 Å². The van der Waals surface area contributed by atoms with E-state index in [0.29, 0.717) is 30.8 Å². The fourth-order valence-electron chi connectivity index (χ4n) is 3.35. The smallest absolute Gasteiger partial charge is 0.330 e. The molecule has 2 aromatic rings. The van der Waals surface area contributed by atoms with E-state index in [0.717, 1.165) is 10.9 Å². The van der Waals surface area contributed by atoms with Crippen LogP contribution in [0.5, 0.6) is 5.75 Å². The third-order valence-electron chi connectivity index (χ3n) is 4.84. The maximum absolute atomic E-state index is 12.8. The second kappa shape index (κ2) is 9.27. The number of amides is 2. The summed E-state index contributed by atoms with van der Waals surface area (Å²) < 4.78 is 10.1. The third kappa shape index (κ3) is 5.16. The van der Waals surface area contributed by atoms with Crippen molar-refractivity contribution in [3.8, 4) is 5.75 Å². The normalized spacial score (nSPS) is 17.3. The standard InChI is InChI=1S/C21H25N3O5/c1-3-29-19(25)7-4-15(10-13-8-9-22-20(13)26)23-21(27)18-12-14-11-16(28-2)5-6-17(14)24-18/h4-7,11-13,15,24H,3,8-10H2,1-2H3,(H,22,26)(H,23,27)/b7-4+. The summed E-state index contributed by atoms with van der Waals surface area (Å²) in [6.45, 7) is 2.61. The Balaban J connectivity index is 1.75. The number of hydrogen-bond donors (Lipinski definition) is 3.